The molecule has 1 aliphatic heterocycles. The maximum atomic E-state index is 11.3. The van der Waals surface area contributed by atoms with Crippen molar-refractivity contribution in [3.63, 3.8) is 0 Å². The summed E-state index contributed by atoms with van der Waals surface area (Å²) >= 11 is 5.89. The minimum absolute atomic E-state index is 0.142. The topological polar surface area (TPSA) is 72.0 Å². The van der Waals surface area contributed by atoms with Gasteiger partial charge < -0.3 is 5.32 Å². The Labute approximate surface area is 106 Å². The molecule has 17 heavy (non-hydrogen) atoms. The van der Waals surface area contributed by atoms with E-state index in [0.29, 0.717) is 23.8 Å². The predicted molar refractivity (Wildman–Crippen MR) is 67.1 cm³/mol. The highest BCUT2D eigenvalue weighted by Gasteiger charge is 2.24. The number of halogens is 1. The van der Waals surface area contributed by atoms with Crippen molar-refractivity contribution in [3.05, 3.63) is 17.0 Å². The Balaban J connectivity index is 2.05. The number of hydrogen-bond donors (Lipinski definition) is 1. The quantitative estimate of drug-likeness (QED) is 0.827. The van der Waals surface area contributed by atoms with Crippen LogP contribution in [0.1, 0.15) is 18.4 Å². The summed E-state index contributed by atoms with van der Waals surface area (Å²) in [6.07, 6.45) is 2.63. The molecule has 5 nitrogen and oxygen atoms in total. The molecular weight excluding hydrogens is 262 g/mol. The average Bonchev–Trinajstić information content (AvgIpc) is 2.27. The van der Waals surface area contributed by atoms with E-state index in [1.54, 1.807) is 0 Å². The third kappa shape index (κ3) is 3.07. The van der Waals surface area contributed by atoms with Gasteiger partial charge in [0.15, 0.2) is 0 Å². The zero-order valence-corrected chi connectivity index (χ0v) is 11.1. The molecule has 94 valence electrons. The van der Waals surface area contributed by atoms with Crippen LogP contribution in [-0.4, -0.2) is 35.9 Å². The molecule has 1 aromatic heterocycles. The Morgan fingerprint density at radius 3 is 2.65 bits per heavy atom. The van der Waals surface area contributed by atoms with Crippen LogP contribution in [0.2, 0.25) is 5.15 Å². The third-order valence-corrected chi connectivity index (χ3v) is 5.01. The first-order chi connectivity index (χ1) is 7.98. The second-order valence-corrected chi connectivity index (χ2v) is 6.87. The molecule has 1 saturated heterocycles. The van der Waals surface area contributed by atoms with Crippen molar-refractivity contribution >= 4 is 27.3 Å². The first-order valence-corrected chi connectivity index (χ1v) is 7.62. The largest absolute Gasteiger partial charge is 0.367 e. The van der Waals surface area contributed by atoms with Crippen LogP contribution in [0.3, 0.4) is 0 Å². The van der Waals surface area contributed by atoms with Crippen molar-refractivity contribution in [1.29, 1.82) is 0 Å². The summed E-state index contributed by atoms with van der Waals surface area (Å²) < 4.78 is 22.6. The highest BCUT2D eigenvalue weighted by molar-refractivity contribution is 7.91. The van der Waals surface area contributed by atoms with Crippen molar-refractivity contribution in [3.8, 4) is 0 Å². The fraction of sp³-hybridized carbons (Fsp3) is 0.600. The number of rotatable bonds is 2. The fourth-order valence-electron chi connectivity index (χ4n) is 1.80. The monoisotopic (exact) mass is 275 g/mol. The lowest BCUT2D eigenvalue weighted by Crippen LogP contribution is -2.32. The Kier molecular flexibility index (Phi) is 3.53. The van der Waals surface area contributed by atoms with E-state index >= 15 is 0 Å². The van der Waals surface area contributed by atoms with E-state index < -0.39 is 9.84 Å². The van der Waals surface area contributed by atoms with E-state index in [1.165, 1.54) is 6.33 Å². The molecule has 0 amide bonds. The number of nitrogens with one attached hydrogen (secondary N) is 1. The van der Waals surface area contributed by atoms with Gasteiger partial charge in [-0.05, 0) is 19.8 Å². The van der Waals surface area contributed by atoms with Gasteiger partial charge in [-0.25, -0.2) is 18.4 Å². The zero-order chi connectivity index (χ0) is 12.5. The molecule has 0 radical (unpaired) electrons. The van der Waals surface area contributed by atoms with Crippen LogP contribution >= 0.6 is 11.6 Å². The second kappa shape index (κ2) is 4.78. The average molecular weight is 276 g/mol. The predicted octanol–water partition coefficient (Wildman–Crippen LogP) is 1.43. The van der Waals surface area contributed by atoms with Crippen LogP contribution in [0.25, 0.3) is 0 Å². The van der Waals surface area contributed by atoms with Gasteiger partial charge in [-0.15, -0.1) is 0 Å². The molecule has 2 heterocycles. The summed E-state index contributed by atoms with van der Waals surface area (Å²) in [5, 5.41) is 3.65. The Morgan fingerprint density at radius 1 is 1.35 bits per heavy atom. The molecule has 0 atom stereocenters. The Morgan fingerprint density at radius 2 is 2.00 bits per heavy atom. The van der Waals surface area contributed by atoms with Gasteiger partial charge in [-0.3, -0.25) is 0 Å². The molecule has 0 aliphatic carbocycles. The second-order valence-electron chi connectivity index (χ2n) is 4.21. The summed E-state index contributed by atoms with van der Waals surface area (Å²) in [6.45, 7) is 1.84. The minimum Gasteiger partial charge on any atom is -0.367 e. The van der Waals surface area contributed by atoms with Gasteiger partial charge in [0.25, 0.3) is 0 Å². The fourth-order valence-corrected chi connectivity index (χ4v) is 3.43. The number of sulfone groups is 1. The van der Waals surface area contributed by atoms with Gasteiger partial charge in [0, 0.05) is 11.6 Å². The van der Waals surface area contributed by atoms with E-state index in [1.807, 2.05) is 6.92 Å². The van der Waals surface area contributed by atoms with Gasteiger partial charge in [-0.2, -0.15) is 0 Å². The third-order valence-electron chi connectivity index (χ3n) is 2.92. The molecule has 1 aromatic rings. The highest BCUT2D eigenvalue weighted by atomic mass is 35.5. The molecule has 7 heteroatoms. The maximum absolute atomic E-state index is 11.3. The van der Waals surface area contributed by atoms with Gasteiger partial charge in [-0.1, -0.05) is 11.6 Å². The van der Waals surface area contributed by atoms with Crippen LogP contribution < -0.4 is 5.32 Å². The summed E-state index contributed by atoms with van der Waals surface area (Å²) in [5.41, 5.74) is 0.794. The van der Waals surface area contributed by atoms with Crippen molar-refractivity contribution < 1.29 is 8.42 Å². The lowest BCUT2D eigenvalue weighted by molar-refractivity contribution is 0.559. The summed E-state index contributed by atoms with van der Waals surface area (Å²) in [4.78, 5) is 7.99. The first kappa shape index (κ1) is 12.6. The van der Waals surface area contributed by atoms with E-state index in [2.05, 4.69) is 15.3 Å². The number of anilines is 1. The van der Waals surface area contributed by atoms with Crippen LogP contribution in [-0.2, 0) is 9.84 Å². The van der Waals surface area contributed by atoms with Crippen LogP contribution in [0.15, 0.2) is 6.33 Å². The van der Waals surface area contributed by atoms with E-state index in [-0.39, 0.29) is 17.5 Å². The summed E-state index contributed by atoms with van der Waals surface area (Å²) in [6, 6.07) is 0.142. The van der Waals surface area contributed by atoms with Crippen molar-refractivity contribution in [2.75, 3.05) is 16.8 Å². The molecular formula is C10H14ClN3O2S. The molecule has 0 aromatic carbocycles. The Hall–Kier alpha value is -0.880. The van der Waals surface area contributed by atoms with Crippen LogP contribution in [0.4, 0.5) is 5.82 Å². The minimum atomic E-state index is -2.83. The molecule has 0 bridgehead atoms. The maximum Gasteiger partial charge on any atom is 0.150 e. The van der Waals surface area contributed by atoms with E-state index in [4.69, 9.17) is 11.6 Å². The molecule has 2 rings (SSSR count). The standard InChI is InChI=1S/C10H14ClN3O2S/c1-7-9(11)12-6-13-10(7)14-8-2-4-17(15,16)5-3-8/h6,8H,2-5H2,1H3,(H,12,13,14). The van der Waals surface area contributed by atoms with Crippen molar-refractivity contribution in [1.82, 2.24) is 9.97 Å². The van der Waals surface area contributed by atoms with Gasteiger partial charge in [0.1, 0.15) is 27.1 Å². The van der Waals surface area contributed by atoms with Gasteiger partial charge >= 0.3 is 0 Å². The van der Waals surface area contributed by atoms with Crippen molar-refractivity contribution in [2.24, 2.45) is 0 Å². The highest BCUT2D eigenvalue weighted by Crippen LogP contribution is 2.22. The smallest absolute Gasteiger partial charge is 0.150 e. The lowest BCUT2D eigenvalue weighted by atomic mass is 10.1. The molecule has 0 spiro atoms. The van der Waals surface area contributed by atoms with Crippen molar-refractivity contribution in [2.45, 2.75) is 25.8 Å². The molecule has 0 unspecified atom stereocenters. The summed E-state index contributed by atoms with van der Waals surface area (Å²) in [7, 11) is -2.83. The lowest BCUT2D eigenvalue weighted by Gasteiger charge is -2.24. The molecule has 0 saturated carbocycles. The van der Waals surface area contributed by atoms with Crippen LogP contribution in [0.5, 0.6) is 0 Å². The van der Waals surface area contributed by atoms with E-state index in [0.717, 1.165) is 5.56 Å². The Bertz CT molecular complexity index is 504. The molecule has 1 aliphatic rings. The number of aromatic nitrogens is 2. The van der Waals surface area contributed by atoms with Gasteiger partial charge in [0.2, 0.25) is 0 Å². The SMILES string of the molecule is Cc1c(Cl)ncnc1NC1CCS(=O)(=O)CC1. The first-order valence-electron chi connectivity index (χ1n) is 5.42. The number of nitrogens with zero attached hydrogens (tertiary/aromatic N) is 2. The molecule has 1 N–H and O–H groups in total. The molecule has 1 fully saturated rings. The zero-order valence-electron chi connectivity index (χ0n) is 9.48. The van der Waals surface area contributed by atoms with E-state index in [9.17, 15) is 8.42 Å². The number of hydrogen-bond acceptors (Lipinski definition) is 5. The normalized spacial score (nSPS) is 20.1. The van der Waals surface area contributed by atoms with Gasteiger partial charge in [0.05, 0.1) is 11.5 Å². The summed E-state index contributed by atoms with van der Waals surface area (Å²) in [5.74, 6) is 1.17. The van der Waals surface area contributed by atoms with Crippen LogP contribution in [0, 0.1) is 6.92 Å².